The highest BCUT2D eigenvalue weighted by Crippen LogP contribution is 2.36. The Morgan fingerprint density at radius 3 is 2.69 bits per heavy atom. The van der Waals surface area contributed by atoms with Crippen LogP contribution in [0.15, 0.2) is 30.3 Å². The lowest BCUT2D eigenvalue weighted by atomic mass is 9.96. The van der Waals surface area contributed by atoms with E-state index in [0.29, 0.717) is 19.0 Å². The van der Waals surface area contributed by atoms with Crippen LogP contribution in [-0.4, -0.2) is 63.9 Å². The van der Waals surface area contributed by atoms with E-state index in [4.69, 9.17) is 14.2 Å². The van der Waals surface area contributed by atoms with Crippen LogP contribution in [0.4, 0.5) is 4.79 Å². The highest BCUT2D eigenvalue weighted by atomic mass is 16.6. The van der Waals surface area contributed by atoms with Gasteiger partial charge in [-0.15, -0.1) is 5.10 Å². The number of benzene rings is 1. The zero-order valence-corrected chi connectivity index (χ0v) is 16.1. The molecular formula is C20H25N5O4. The number of ether oxygens (including phenoxy) is 3. The fourth-order valence-corrected chi connectivity index (χ4v) is 4.53. The highest BCUT2D eigenvalue weighted by molar-refractivity contribution is 5.68. The van der Waals surface area contributed by atoms with Crippen molar-refractivity contribution in [3.05, 3.63) is 30.3 Å². The summed E-state index contributed by atoms with van der Waals surface area (Å²) >= 11 is 0. The summed E-state index contributed by atoms with van der Waals surface area (Å²) in [6.07, 6.45) is 4.20. The van der Waals surface area contributed by atoms with E-state index in [1.54, 1.807) is 4.68 Å². The maximum absolute atomic E-state index is 12.3. The molecule has 1 aromatic carbocycles. The lowest BCUT2D eigenvalue weighted by molar-refractivity contribution is 0.00174. The average Bonchev–Trinajstić information content (AvgIpc) is 3.47. The normalized spacial score (nSPS) is 29.5. The maximum atomic E-state index is 12.3. The second-order valence-corrected chi connectivity index (χ2v) is 7.90. The van der Waals surface area contributed by atoms with E-state index >= 15 is 0 Å². The van der Waals surface area contributed by atoms with Crippen LogP contribution in [0.2, 0.25) is 0 Å². The van der Waals surface area contributed by atoms with E-state index in [0.717, 1.165) is 31.2 Å². The molecule has 0 bridgehead atoms. The van der Waals surface area contributed by atoms with E-state index < -0.39 is 6.10 Å². The summed E-state index contributed by atoms with van der Waals surface area (Å²) in [6.45, 7) is 0.719. The molecule has 1 aliphatic carbocycles. The third-order valence-corrected chi connectivity index (χ3v) is 6.01. The van der Waals surface area contributed by atoms with Gasteiger partial charge in [0.1, 0.15) is 18.2 Å². The van der Waals surface area contributed by atoms with Crippen LogP contribution in [0.3, 0.4) is 0 Å². The van der Waals surface area contributed by atoms with Crippen molar-refractivity contribution in [1.29, 1.82) is 0 Å². The largest absolute Gasteiger partial charge is 0.441 e. The first-order valence-electron chi connectivity index (χ1n) is 10.3. The monoisotopic (exact) mass is 399 g/mol. The van der Waals surface area contributed by atoms with Gasteiger partial charge in [0.05, 0.1) is 13.2 Å². The fraction of sp³-hybridized carbons (Fsp3) is 0.600. The molecule has 1 N–H and O–H groups in total. The van der Waals surface area contributed by atoms with E-state index in [2.05, 4.69) is 20.8 Å². The van der Waals surface area contributed by atoms with Gasteiger partial charge in [-0.3, -0.25) is 0 Å². The molecule has 5 rings (SSSR count). The average molecular weight is 399 g/mol. The summed E-state index contributed by atoms with van der Waals surface area (Å²) in [6, 6.07) is 9.82. The molecular weight excluding hydrogens is 374 g/mol. The molecule has 9 nitrogen and oxygen atoms in total. The number of nitrogens with one attached hydrogen (secondary N) is 1. The predicted octanol–water partition coefficient (Wildman–Crippen LogP) is 2.11. The topological polar surface area (TPSA) is 100 Å². The lowest BCUT2D eigenvalue weighted by Crippen LogP contribution is -2.41. The third-order valence-electron chi connectivity index (χ3n) is 6.01. The summed E-state index contributed by atoms with van der Waals surface area (Å²) in [7, 11) is 0. The second-order valence-electron chi connectivity index (χ2n) is 7.90. The molecule has 29 heavy (non-hydrogen) atoms. The Morgan fingerprint density at radius 2 is 1.86 bits per heavy atom. The van der Waals surface area contributed by atoms with Gasteiger partial charge in [0.25, 0.3) is 0 Å². The lowest BCUT2D eigenvalue weighted by Gasteiger charge is -2.24. The van der Waals surface area contributed by atoms with Gasteiger partial charge in [-0.1, -0.05) is 49.6 Å². The number of tetrazole rings is 1. The number of aromatic nitrogens is 4. The first kappa shape index (κ1) is 18.5. The summed E-state index contributed by atoms with van der Waals surface area (Å²) < 4.78 is 19.3. The Balaban J connectivity index is 1.24. The molecule has 154 valence electrons. The van der Waals surface area contributed by atoms with Crippen molar-refractivity contribution in [1.82, 2.24) is 25.5 Å². The molecule has 2 aromatic rings. The molecule has 0 unspecified atom stereocenters. The van der Waals surface area contributed by atoms with Crippen LogP contribution in [-0.2, 0) is 14.2 Å². The summed E-state index contributed by atoms with van der Waals surface area (Å²) in [4.78, 5) is 12.3. The van der Waals surface area contributed by atoms with Crippen LogP contribution >= 0.6 is 0 Å². The van der Waals surface area contributed by atoms with Gasteiger partial charge in [-0.25, -0.2) is 9.48 Å². The van der Waals surface area contributed by atoms with Crippen molar-refractivity contribution >= 4 is 6.09 Å². The first-order valence-corrected chi connectivity index (χ1v) is 10.3. The van der Waals surface area contributed by atoms with Gasteiger partial charge in [-0.2, -0.15) is 0 Å². The minimum atomic E-state index is -0.426. The second kappa shape index (κ2) is 8.08. The minimum absolute atomic E-state index is 0.166. The zero-order chi connectivity index (χ0) is 19.6. The first-order chi connectivity index (χ1) is 14.3. The SMILES string of the molecule is O=C(NC1CCCCC1)O[C@@H]1CO[C@H]2[C@H]1OC[C@H]2n1nnnc1-c1ccccc1. The van der Waals surface area contributed by atoms with Crippen molar-refractivity contribution in [2.24, 2.45) is 0 Å². The predicted molar refractivity (Wildman–Crippen MR) is 102 cm³/mol. The molecule has 2 aliphatic heterocycles. The molecule has 2 saturated heterocycles. The number of hydrogen-bond acceptors (Lipinski definition) is 7. The Hall–Kier alpha value is -2.52. The van der Waals surface area contributed by atoms with E-state index in [-0.39, 0.29) is 30.4 Å². The van der Waals surface area contributed by atoms with E-state index in [9.17, 15) is 4.79 Å². The molecule has 3 fully saturated rings. The van der Waals surface area contributed by atoms with E-state index in [1.807, 2.05) is 30.3 Å². The Kier molecular flexibility index (Phi) is 5.15. The van der Waals surface area contributed by atoms with Gasteiger partial charge in [0, 0.05) is 11.6 Å². The fourth-order valence-electron chi connectivity index (χ4n) is 4.53. The molecule has 9 heteroatoms. The highest BCUT2D eigenvalue weighted by Gasteiger charge is 2.51. The van der Waals surface area contributed by atoms with Crippen molar-refractivity contribution < 1.29 is 19.0 Å². The Morgan fingerprint density at radius 1 is 1.07 bits per heavy atom. The standard InChI is InChI=1S/C20H25N5O4/c26-20(21-14-9-5-2-6-10-14)29-16-12-28-17-15(11-27-18(16)17)25-19(22-23-24-25)13-7-3-1-4-8-13/h1,3-4,7-8,14-18H,2,5-6,9-12H2,(H,21,26)/t15-,16-,17-,18+/m1/s1. The van der Waals surface area contributed by atoms with Crippen LogP contribution in [0.25, 0.3) is 11.4 Å². The van der Waals surface area contributed by atoms with E-state index in [1.165, 1.54) is 6.42 Å². The number of amides is 1. The number of nitrogens with zero attached hydrogens (tertiary/aromatic N) is 4. The minimum Gasteiger partial charge on any atom is -0.441 e. The van der Waals surface area contributed by atoms with Crippen molar-refractivity contribution in [2.45, 2.75) is 62.5 Å². The quantitative estimate of drug-likeness (QED) is 0.840. The number of hydrogen-bond donors (Lipinski definition) is 1. The summed E-state index contributed by atoms with van der Waals surface area (Å²) in [5, 5.41) is 15.2. The number of fused-ring (bicyclic) bond motifs is 1. The van der Waals surface area contributed by atoms with Gasteiger partial charge >= 0.3 is 6.09 Å². The van der Waals surface area contributed by atoms with Gasteiger partial charge < -0.3 is 19.5 Å². The third kappa shape index (κ3) is 3.72. The number of carbonyl (C=O) groups is 1. The van der Waals surface area contributed by atoms with Gasteiger partial charge in [-0.05, 0) is 23.3 Å². The zero-order valence-electron chi connectivity index (χ0n) is 16.1. The number of alkyl carbamates (subject to hydrolysis) is 1. The van der Waals surface area contributed by atoms with Crippen LogP contribution in [0, 0.1) is 0 Å². The molecule has 1 aromatic heterocycles. The van der Waals surface area contributed by atoms with Crippen molar-refractivity contribution in [3.8, 4) is 11.4 Å². The smallest absolute Gasteiger partial charge is 0.407 e. The molecule has 0 spiro atoms. The van der Waals surface area contributed by atoms with Crippen LogP contribution in [0.1, 0.15) is 38.1 Å². The maximum Gasteiger partial charge on any atom is 0.407 e. The van der Waals surface area contributed by atoms with Gasteiger partial charge in [0.2, 0.25) is 0 Å². The van der Waals surface area contributed by atoms with Crippen molar-refractivity contribution in [2.75, 3.05) is 13.2 Å². The van der Waals surface area contributed by atoms with Crippen LogP contribution < -0.4 is 5.32 Å². The summed E-state index contributed by atoms with van der Waals surface area (Å²) in [5.74, 6) is 0.669. The van der Waals surface area contributed by atoms with Crippen LogP contribution in [0.5, 0.6) is 0 Å². The molecule has 3 aliphatic rings. The Bertz CT molecular complexity index is 838. The van der Waals surface area contributed by atoms with Crippen molar-refractivity contribution in [3.63, 3.8) is 0 Å². The molecule has 4 atom stereocenters. The number of carbonyl (C=O) groups excluding carboxylic acids is 1. The molecule has 1 saturated carbocycles. The number of rotatable bonds is 4. The molecule has 0 radical (unpaired) electrons. The molecule has 3 heterocycles. The summed E-state index contributed by atoms with van der Waals surface area (Å²) in [5.41, 5.74) is 0.929. The Labute approximate surface area is 168 Å². The molecule has 1 amide bonds. The van der Waals surface area contributed by atoms with Gasteiger partial charge in [0.15, 0.2) is 11.9 Å².